The Balaban J connectivity index is 2.01. The summed E-state index contributed by atoms with van der Waals surface area (Å²) in [7, 11) is 1.44. The van der Waals surface area contributed by atoms with Gasteiger partial charge in [0.15, 0.2) is 6.61 Å². The molecule has 1 N–H and O–H groups in total. The van der Waals surface area contributed by atoms with E-state index in [2.05, 4.69) is 15.2 Å². The summed E-state index contributed by atoms with van der Waals surface area (Å²) < 4.78 is 41.0. The van der Waals surface area contributed by atoms with Gasteiger partial charge in [0.1, 0.15) is 11.5 Å². The smallest absolute Gasteiger partial charge is 0.422 e. The third kappa shape index (κ3) is 4.97. The van der Waals surface area contributed by atoms with Crippen molar-refractivity contribution >= 4 is 23.2 Å². The zero-order valence-corrected chi connectivity index (χ0v) is 12.2. The standard InChI is InChI=1S/C14H14F3N3O3/c1-20-12(21)6-5-11(19-20)13(22)18-9-3-2-4-10(7-9)23-8-14(15,16)17/h2-4,7H,5-6,8H2,1H3,(H,18,22). The fourth-order valence-corrected chi connectivity index (χ4v) is 1.86. The van der Waals surface area contributed by atoms with Crippen molar-refractivity contribution in [2.24, 2.45) is 5.10 Å². The predicted octanol–water partition coefficient (Wildman–Crippen LogP) is 2.17. The lowest BCUT2D eigenvalue weighted by Gasteiger charge is -2.19. The lowest BCUT2D eigenvalue weighted by atomic mass is 10.1. The van der Waals surface area contributed by atoms with Crippen LogP contribution in [-0.4, -0.2) is 42.4 Å². The second-order valence-corrected chi connectivity index (χ2v) is 4.85. The molecule has 1 aliphatic heterocycles. The van der Waals surface area contributed by atoms with Crippen molar-refractivity contribution in [2.75, 3.05) is 19.0 Å². The molecular weight excluding hydrogens is 315 g/mol. The van der Waals surface area contributed by atoms with Crippen molar-refractivity contribution in [3.63, 3.8) is 0 Å². The summed E-state index contributed by atoms with van der Waals surface area (Å²) in [5, 5.41) is 7.46. The molecule has 1 aromatic rings. The number of carbonyl (C=O) groups excluding carboxylic acids is 2. The van der Waals surface area contributed by atoms with Gasteiger partial charge in [-0.15, -0.1) is 0 Å². The predicted molar refractivity (Wildman–Crippen MR) is 76.1 cm³/mol. The SMILES string of the molecule is CN1N=C(C(=O)Nc2cccc(OCC(F)(F)F)c2)CCC1=O. The second-order valence-electron chi connectivity index (χ2n) is 4.85. The number of hydrogen-bond acceptors (Lipinski definition) is 4. The molecule has 0 saturated heterocycles. The fourth-order valence-electron chi connectivity index (χ4n) is 1.86. The molecule has 0 radical (unpaired) electrons. The van der Waals surface area contributed by atoms with Gasteiger partial charge in [0.2, 0.25) is 5.91 Å². The normalized spacial score (nSPS) is 15.2. The average Bonchev–Trinajstić information content (AvgIpc) is 2.47. The first-order chi connectivity index (χ1) is 10.7. The molecule has 1 aromatic carbocycles. The minimum absolute atomic E-state index is 0.0157. The fraction of sp³-hybridized carbons (Fsp3) is 0.357. The Morgan fingerprint density at radius 2 is 2.13 bits per heavy atom. The Labute approximate surface area is 129 Å². The van der Waals surface area contributed by atoms with Gasteiger partial charge in [0.25, 0.3) is 5.91 Å². The van der Waals surface area contributed by atoms with E-state index in [4.69, 9.17) is 0 Å². The topological polar surface area (TPSA) is 71.0 Å². The van der Waals surface area contributed by atoms with E-state index in [1.54, 1.807) is 0 Å². The second kappa shape index (κ2) is 6.67. The number of hydrogen-bond donors (Lipinski definition) is 1. The van der Waals surface area contributed by atoms with E-state index in [0.717, 1.165) is 5.01 Å². The van der Waals surface area contributed by atoms with Gasteiger partial charge < -0.3 is 10.1 Å². The van der Waals surface area contributed by atoms with E-state index in [1.807, 2.05) is 0 Å². The molecule has 0 bridgehead atoms. The summed E-state index contributed by atoms with van der Waals surface area (Å²) in [4.78, 5) is 23.3. The van der Waals surface area contributed by atoms with Gasteiger partial charge in [0, 0.05) is 31.6 Å². The lowest BCUT2D eigenvalue weighted by molar-refractivity contribution is -0.153. The van der Waals surface area contributed by atoms with E-state index in [9.17, 15) is 22.8 Å². The minimum Gasteiger partial charge on any atom is -0.484 e. The van der Waals surface area contributed by atoms with Crippen molar-refractivity contribution in [1.29, 1.82) is 0 Å². The molecule has 124 valence electrons. The van der Waals surface area contributed by atoms with Gasteiger partial charge in [-0.3, -0.25) is 9.59 Å². The number of hydrazone groups is 1. The molecule has 0 saturated carbocycles. The van der Waals surface area contributed by atoms with Crippen LogP contribution >= 0.6 is 0 Å². The Morgan fingerprint density at radius 3 is 2.78 bits per heavy atom. The molecule has 0 atom stereocenters. The van der Waals surface area contributed by atoms with Crippen LogP contribution in [0.15, 0.2) is 29.4 Å². The summed E-state index contributed by atoms with van der Waals surface area (Å²) >= 11 is 0. The maximum absolute atomic E-state index is 12.1. The molecule has 0 aliphatic carbocycles. The number of nitrogens with zero attached hydrogens (tertiary/aromatic N) is 2. The van der Waals surface area contributed by atoms with Crippen LogP contribution in [0.1, 0.15) is 12.8 Å². The molecule has 9 heteroatoms. The van der Waals surface area contributed by atoms with E-state index < -0.39 is 18.7 Å². The van der Waals surface area contributed by atoms with E-state index in [-0.39, 0.29) is 35.9 Å². The molecule has 0 aromatic heterocycles. The molecule has 6 nitrogen and oxygen atoms in total. The highest BCUT2D eigenvalue weighted by molar-refractivity contribution is 6.43. The number of halogens is 3. The number of ether oxygens (including phenoxy) is 1. The third-order valence-corrected chi connectivity index (χ3v) is 2.96. The van der Waals surface area contributed by atoms with Gasteiger partial charge in [0.05, 0.1) is 0 Å². The van der Waals surface area contributed by atoms with Crippen LogP contribution < -0.4 is 10.1 Å². The maximum Gasteiger partial charge on any atom is 0.422 e. The Kier molecular flexibility index (Phi) is 4.87. The Bertz CT molecular complexity index is 644. The Hall–Kier alpha value is -2.58. The highest BCUT2D eigenvalue weighted by atomic mass is 19.4. The van der Waals surface area contributed by atoms with Gasteiger partial charge in [-0.25, -0.2) is 5.01 Å². The Morgan fingerprint density at radius 1 is 1.39 bits per heavy atom. The number of carbonyl (C=O) groups is 2. The summed E-state index contributed by atoms with van der Waals surface area (Å²) in [6.45, 7) is -1.41. The first kappa shape index (κ1) is 16.8. The molecule has 1 aliphatic rings. The van der Waals surface area contributed by atoms with Crippen molar-refractivity contribution in [3.05, 3.63) is 24.3 Å². The first-order valence-electron chi connectivity index (χ1n) is 6.69. The number of alkyl halides is 3. The summed E-state index contributed by atoms with van der Waals surface area (Å²) in [5.74, 6) is -0.723. The molecule has 1 heterocycles. The number of rotatable bonds is 4. The van der Waals surface area contributed by atoms with Crippen LogP contribution in [0.4, 0.5) is 18.9 Å². The summed E-state index contributed by atoms with van der Waals surface area (Å²) in [6, 6.07) is 5.60. The number of amides is 2. The number of nitrogens with one attached hydrogen (secondary N) is 1. The molecule has 0 spiro atoms. The van der Waals surface area contributed by atoms with E-state index in [1.165, 1.54) is 31.3 Å². The number of benzene rings is 1. The van der Waals surface area contributed by atoms with Crippen LogP contribution in [0.5, 0.6) is 5.75 Å². The van der Waals surface area contributed by atoms with Crippen molar-refractivity contribution < 1.29 is 27.5 Å². The van der Waals surface area contributed by atoms with Gasteiger partial charge in [-0.2, -0.15) is 18.3 Å². The first-order valence-corrected chi connectivity index (χ1v) is 6.69. The van der Waals surface area contributed by atoms with Gasteiger partial charge in [-0.1, -0.05) is 6.07 Å². The van der Waals surface area contributed by atoms with Gasteiger partial charge in [-0.05, 0) is 12.1 Å². The number of anilines is 1. The minimum atomic E-state index is -4.44. The molecule has 0 unspecified atom stereocenters. The molecule has 2 amide bonds. The van der Waals surface area contributed by atoms with Crippen LogP contribution in [0.2, 0.25) is 0 Å². The van der Waals surface area contributed by atoms with Gasteiger partial charge >= 0.3 is 6.18 Å². The third-order valence-electron chi connectivity index (χ3n) is 2.96. The monoisotopic (exact) mass is 329 g/mol. The average molecular weight is 329 g/mol. The molecule has 23 heavy (non-hydrogen) atoms. The van der Waals surface area contributed by atoms with Crippen LogP contribution in [0.3, 0.4) is 0 Å². The van der Waals surface area contributed by atoms with E-state index in [0.29, 0.717) is 0 Å². The van der Waals surface area contributed by atoms with Crippen LogP contribution in [0, 0.1) is 0 Å². The highest BCUT2D eigenvalue weighted by Gasteiger charge is 2.28. The van der Waals surface area contributed by atoms with Crippen molar-refractivity contribution in [2.45, 2.75) is 19.0 Å². The largest absolute Gasteiger partial charge is 0.484 e. The zero-order valence-electron chi connectivity index (χ0n) is 12.2. The quantitative estimate of drug-likeness (QED) is 0.920. The van der Waals surface area contributed by atoms with Crippen molar-refractivity contribution in [1.82, 2.24) is 5.01 Å². The molecule has 2 rings (SSSR count). The summed E-state index contributed by atoms with van der Waals surface area (Å²) in [5.41, 5.74) is 0.450. The van der Waals surface area contributed by atoms with Crippen molar-refractivity contribution in [3.8, 4) is 5.75 Å². The van der Waals surface area contributed by atoms with E-state index >= 15 is 0 Å². The molecule has 0 fully saturated rings. The lowest BCUT2D eigenvalue weighted by Crippen LogP contribution is -2.34. The molecular formula is C14H14F3N3O3. The summed E-state index contributed by atoms with van der Waals surface area (Å²) in [6.07, 6.45) is -4.05. The zero-order chi connectivity index (χ0) is 17.0. The van der Waals surface area contributed by atoms with Crippen LogP contribution in [-0.2, 0) is 9.59 Å². The highest BCUT2D eigenvalue weighted by Crippen LogP contribution is 2.21. The maximum atomic E-state index is 12.1. The van der Waals surface area contributed by atoms with Crippen LogP contribution in [0.25, 0.3) is 0 Å².